The molecule has 0 spiro atoms. The van der Waals surface area contributed by atoms with Crippen molar-refractivity contribution in [1.29, 1.82) is 0 Å². The van der Waals surface area contributed by atoms with E-state index in [-0.39, 0.29) is 18.4 Å². The molecule has 1 aliphatic heterocycles. The largest absolute Gasteiger partial charge is 0.339 e. The zero-order valence-corrected chi connectivity index (χ0v) is 13.8. The molecule has 20 heavy (non-hydrogen) atoms. The van der Waals surface area contributed by atoms with E-state index in [1.165, 1.54) is 25.7 Å². The monoisotopic (exact) mass is 302 g/mol. The van der Waals surface area contributed by atoms with Crippen LogP contribution in [0.5, 0.6) is 0 Å². The summed E-state index contributed by atoms with van der Waals surface area (Å²) in [6.45, 7) is 5.49. The number of carbonyl (C=O) groups is 1. The molecule has 1 amide bonds. The lowest BCUT2D eigenvalue weighted by molar-refractivity contribution is -0.137. The minimum atomic E-state index is 0. The quantitative estimate of drug-likeness (QED) is 0.865. The highest BCUT2D eigenvalue weighted by Gasteiger charge is 2.33. The van der Waals surface area contributed by atoms with Gasteiger partial charge in [0.05, 0.1) is 0 Å². The van der Waals surface area contributed by atoms with Crippen LogP contribution in [0.25, 0.3) is 0 Å². The number of likely N-dealkylation sites (tertiary alicyclic amines) is 1. The lowest BCUT2D eigenvalue weighted by Crippen LogP contribution is -2.47. The number of hydrogen-bond acceptors (Lipinski definition) is 2. The van der Waals surface area contributed by atoms with Gasteiger partial charge in [-0.3, -0.25) is 4.79 Å². The van der Waals surface area contributed by atoms with Gasteiger partial charge in [0.1, 0.15) is 0 Å². The Kier molecular flexibility index (Phi) is 7.32. The van der Waals surface area contributed by atoms with Crippen LogP contribution >= 0.6 is 12.4 Å². The SMILES string of the molecule is CCC(C)C1CCCCN1C(=O)C[C@@H]1CCC[C@H]1N.Cl. The van der Waals surface area contributed by atoms with Gasteiger partial charge in [0.15, 0.2) is 0 Å². The first-order chi connectivity index (χ1) is 9.13. The molecule has 4 heteroatoms. The van der Waals surface area contributed by atoms with Gasteiger partial charge < -0.3 is 10.6 Å². The molecule has 0 radical (unpaired) electrons. The third-order valence-corrected chi connectivity index (χ3v) is 5.33. The second-order valence-electron chi connectivity index (χ2n) is 6.59. The zero-order valence-electron chi connectivity index (χ0n) is 13.0. The van der Waals surface area contributed by atoms with Gasteiger partial charge in [-0.2, -0.15) is 0 Å². The third kappa shape index (κ3) is 4.11. The maximum atomic E-state index is 12.6. The molecular weight excluding hydrogens is 272 g/mol. The average molecular weight is 303 g/mol. The molecule has 1 saturated heterocycles. The molecule has 2 fully saturated rings. The predicted octanol–water partition coefficient (Wildman–Crippen LogP) is 3.35. The van der Waals surface area contributed by atoms with E-state index in [1.54, 1.807) is 0 Å². The summed E-state index contributed by atoms with van der Waals surface area (Å²) in [5.74, 6) is 1.43. The van der Waals surface area contributed by atoms with Gasteiger partial charge in [0.2, 0.25) is 5.91 Å². The summed E-state index contributed by atoms with van der Waals surface area (Å²) < 4.78 is 0. The van der Waals surface area contributed by atoms with E-state index in [2.05, 4.69) is 18.7 Å². The van der Waals surface area contributed by atoms with Crippen molar-refractivity contribution in [2.75, 3.05) is 6.54 Å². The van der Waals surface area contributed by atoms with E-state index in [0.717, 1.165) is 25.8 Å². The summed E-state index contributed by atoms with van der Waals surface area (Å²) in [6.07, 6.45) is 8.95. The minimum absolute atomic E-state index is 0. The summed E-state index contributed by atoms with van der Waals surface area (Å²) in [5, 5.41) is 0. The van der Waals surface area contributed by atoms with Crippen molar-refractivity contribution < 1.29 is 4.79 Å². The summed E-state index contributed by atoms with van der Waals surface area (Å²) >= 11 is 0. The highest BCUT2D eigenvalue weighted by Crippen LogP contribution is 2.30. The van der Waals surface area contributed by atoms with Crippen LogP contribution in [0.2, 0.25) is 0 Å². The molecule has 118 valence electrons. The van der Waals surface area contributed by atoms with Crippen molar-refractivity contribution in [1.82, 2.24) is 4.90 Å². The molecule has 3 nitrogen and oxygen atoms in total. The highest BCUT2D eigenvalue weighted by molar-refractivity contribution is 5.85. The van der Waals surface area contributed by atoms with E-state index in [4.69, 9.17) is 5.73 Å². The van der Waals surface area contributed by atoms with E-state index >= 15 is 0 Å². The molecule has 0 aromatic rings. The van der Waals surface area contributed by atoms with Gasteiger partial charge in [0, 0.05) is 25.0 Å². The Hall–Kier alpha value is -0.280. The maximum absolute atomic E-state index is 12.6. The number of amides is 1. The number of nitrogens with two attached hydrogens (primary N) is 1. The second kappa shape index (κ2) is 8.23. The Bertz CT molecular complexity index is 311. The molecule has 1 heterocycles. The van der Waals surface area contributed by atoms with Crippen molar-refractivity contribution in [3.8, 4) is 0 Å². The van der Waals surface area contributed by atoms with Crippen LogP contribution < -0.4 is 5.73 Å². The molecule has 2 N–H and O–H groups in total. The van der Waals surface area contributed by atoms with Crippen molar-refractivity contribution in [3.63, 3.8) is 0 Å². The highest BCUT2D eigenvalue weighted by atomic mass is 35.5. The first-order valence-corrected chi connectivity index (χ1v) is 8.18. The van der Waals surface area contributed by atoms with Crippen molar-refractivity contribution >= 4 is 18.3 Å². The van der Waals surface area contributed by atoms with E-state index in [0.29, 0.717) is 30.2 Å². The topological polar surface area (TPSA) is 46.3 Å². The fourth-order valence-electron chi connectivity index (χ4n) is 3.79. The van der Waals surface area contributed by atoms with Gasteiger partial charge in [-0.05, 0) is 43.9 Å². The molecule has 1 aliphatic carbocycles. The van der Waals surface area contributed by atoms with Gasteiger partial charge in [-0.25, -0.2) is 0 Å². The van der Waals surface area contributed by atoms with Crippen LogP contribution in [0.3, 0.4) is 0 Å². The molecular formula is C16H31ClN2O. The average Bonchev–Trinajstić information content (AvgIpc) is 2.83. The van der Waals surface area contributed by atoms with Crippen LogP contribution in [0.15, 0.2) is 0 Å². The first-order valence-electron chi connectivity index (χ1n) is 8.18. The Morgan fingerprint density at radius 1 is 1.25 bits per heavy atom. The molecule has 0 bridgehead atoms. The number of halogens is 1. The van der Waals surface area contributed by atoms with Gasteiger partial charge in [-0.1, -0.05) is 26.7 Å². The Morgan fingerprint density at radius 2 is 2.00 bits per heavy atom. The molecule has 0 aromatic carbocycles. The molecule has 2 aliphatic rings. The van der Waals surface area contributed by atoms with E-state index < -0.39 is 0 Å². The Labute approximate surface area is 130 Å². The Balaban J connectivity index is 0.00000200. The van der Waals surface area contributed by atoms with Crippen LogP contribution in [-0.2, 0) is 4.79 Å². The summed E-state index contributed by atoms with van der Waals surface area (Å²) in [4.78, 5) is 14.8. The summed E-state index contributed by atoms with van der Waals surface area (Å²) in [7, 11) is 0. The van der Waals surface area contributed by atoms with Crippen LogP contribution in [-0.4, -0.2) is 29.4 Å². The van der Waals surface area contributed by atoms with Gasteiger partial charge in [0.25, 0.3) is 0 Å². The molecule has 2 unspecified atom stereocenters. The van der Waals surface area contributed by atoms with Crippen molar-refractivity contribution in [2.24, 2.45) is 17.6 Å². The fraction of sp³-hybridized carbons (Fsp3) is 0.938. The molecule has 4 atom stereocenters. The fourth-order valence-corrected chi connectivity index (χ4v) is 3.79. The molecule has 2 rings (SSSR count). The van der Waals surface area contributed by atoms with Gasteiger partial charge >= 0.3 is 0 Å². The second-order valence-corrected chi connectivity index (χ2v) is 6.59. The zero-order chi connectivity index (χ0) is 13.8. The molecule has 0 aromatic heterocycles. The summed E-state index contributed by atoms with van der Waals surface area (Å²) in [6, 6.07) is 0.736. The normalized spacial score (nSPS) is 31.8. The number of hydrogen-bond donors (Lipinski definition) is 1. The van der Waals surface area contributed by atoms with Crippen molar-refractivity contribution in [2.45, 2.75) is 77.3 Å². The third-order valence-electron chi connectivity index (χ3n) is 5.33. The minimum Gasteiger partial charge on any atom is -0.339 e. The molecule has 1 saturated carbocycles. The van der Waals surface area contributed by atoms with Gasteiger partial charge in [-0.15, -0.1) is 12.4 Å². The number of piperidine rings is 1. The number of rotatable bonds is 4. The van der Waals surface area contributed by atoms with Crippen LogP contribution in [0, 0.1) is 11.8 Å². The van der Waals surface area contributed by atoms with Crippen LogP contribution in [0.1, 0.15) is 65.2 Å². The number of nitrogens with zero attached hydrogens (tertiary/aromatic N) is 1. The van der Waals surface area contributed by atoms with E-state index in [1.807, 2.05) is 0 Å². The lowest BCUT2D eigenvalue weighted by Gasteiger charge is -2.40. The van der Waals surface area contributed by atoms with E-state index in [9.17, 15) is 4.79 Å². The smallest absolute Gasteiger partial charge is 0.223 e. The Morgan fingerprint density at radius 3 is 2.60 bits per heavy atom. The summed E-state index contributed by atoms with van der Waals surface area (Å²) in [5.41, 5.74) is 6.11. The first kappa shape index (κ1) is 17.8. The predicted molar refractivity (Wildman–Crippen MR) is 86.0 cm³/mol. The lowest BCUT2D eigenvalue weighted by atomic mass is 9.88. The van der Waals surface area contributed by atoms with Crippen LogP contribution in [0.4, 0.5) is 0 Å². The number of carbonyl (C=O) groups excluding carboxylic acids is 1. The maximum Gasteiger partial charge on any atom is 0.223 e. The van der Waals surface area contributed by atoms with Crippen molar-refractivity contribution in [3.05, 3.63) is 0 Å². The standard InChI is InChI=1S/C16H30N2O.ClH/c1-3-12(2)15-9-4-5-10-18(15)16(19)11-13-7-6-8-14(13)17;/h12-15H,3-11,17H2,1-2H3;1H/t12?,13-,14+,15?;/m0./s1.